The van der Waals surface area contributed by atoms with Crippen molar-refractivity contribution in [1.82, 2.24) is 0 Å². The molecule has 0 unspecified atom stereocenters. The molecule has 0 heterocycles. The van der Waals surface area contributed by atoms with Crippen LogP contribution in [0.15, 0.2) is 18.2 Å². The van der Waals surface area contributed by atoms with E-state index in [4.69, 9.17) is 0 Å². The molecular formula is C10H11Y. The summed E-state index contributed by atoms with van der Waals surface area (Å²) >= 11 is 0. The molecule has 1 aromatic carbocycles. The molecule has 11 heavy (non-hydrogen) atoms. The standard InChI is InChI=1S/C10H11.Y/c1-3-9-6-5-7-10(4-2)8-9;/h5-7H,1-4H2;/q-3;+3. The summed E-state index contributed by atoms with van der Waals surface area (Å²) in [6.45, 7) is 7.56. The summed E-state index contributed by atoms with van der Waals surface area (Å²) in [6, 6.07) is 9.31. The van der Waals surface area contributed by atoms with Crippen molar-refractivity contribution >= 4 is 0 Å². The number of hydrogen-bond acceptors (Lipinski definition) is 0. The van der Waals surface area contributed by atoms with Crippen molar-refractivity contribution in [3.8, 4) is 0 Å². The van der Waals surface area contributed by atoms with Gasteiger partial charge in [0, 0.05) is 0 Å². The number of rotatable bonds is 2. The second-order valence-corrected chi connectivity index (χ2v) is 2.20. The van der Waals surface area contributed by atoms with Gasteiger partial charge in [0.15, 0.2) is 0 Å². The second-order valence-electron chi connectivity index (χ2n) is 2.20. The first-order valence-electron chi connectivity index (χ1n) is 3.45. The normalized spacial score (nSPS) is 8.91. The minimum absolute atomic E-state index is 0. The van der Waals surface area contributed by atoms with Crippen LogP contribution in [-0.2, 0) is 45.6 Å². The van der Waals surface area contributed by atoms with E-state index in [1.54, 1.807) is 0 Å². The van der Waals surface area contributed by atoms with Gasteiger partial charge < -0.3 is 13.8 Å². The van der Waals surface area contributed by atoms with Crippen molar-refractivity contribution < 1.29 is 32.7 Å². The van der Waals surface area contributed by atoms with E-state index in [2.05, 4.69) is 19.9 Å². The van der Waals surface area contributed by atoms with Crippen molar-refractivity contribution in [3.05, 3.63) is 49.2 Å². The van der Waals surface area contributed by atoms with Crippen LogP contribution in [0.1, 0.15) is 11.1 Å². The first-order valence-corrected chi connectivity index (χ1v) is 3.45. The van der Waals surface area contributed by atoms with Crippen molar-refractivity contribution in [2.45, 2.75) is 12.8 Å². The third-order valence-corrected chi connectivity index (χ3v) is 1.45. The van der Waals surface area contributed by atoms with Gasteiger partial charge in [0.25, 0.3) is 0 Å². The molecule has 54 valence electrons. The fraction of sp³-hybridized carbons (Fsp3) is 0.200. The monoisotopic (exact) mass is 220 g/mol. The van der Waals surface area contributed by atoms with Crippen LogP contribution in [0, 0.1) is 19.9 Å². The third-order valence-electron chi connectivity index (χ3n) is 1.45. The van der Waals surface area contributed by atoms with Gasteiger partial charge in [0.2, 0.25) is 0 Å². The van der Waals surface area contributed by atoms with E-state index in [0.717, 1.165) is 12.8 Å². The molecule has 0 aliphatic rings. The fourth-order valence-corrected chi connectivity index (χ4v) is 0.862. The summed E-state index contributed by atoms with van der Waals surface area (Å²) in [5, 5.41) is 0. The molecule has 0 aromatic heterocycles. The molecule has 0 amide bonds. The topological polar surface area (TPSA) is 0 Å². The Hall–Kier alpha value is 0.324. The molecule has 0 saturated heterocycles. The van der Waals surface area contributed by atoms with Gasteiger partial charge in [-0.15, -0.1) is 0 Å². The SMILES string of the molecule is [CH2-]Cc1[c-]c(C[CH2-])ccc1.[Y+3]. The maximum absolute atomic E-state index is 3.78. The summed E-state index contributed by atoms with van der Waals surface area (Å²) in [4.78, 5) is 0. The molecule has 0 aliphatic carbocycles. The predicted molar refractivity (Wildman–Crippen MR) is 43.4 cm³/mol. The fourth-order valence-electron chi connectivity index (χ4n) is 0.862. The molecule has 0 fully saturated rings. The Kier molecular flexibility index (Phi) is 6.08. The van der Waals surface area contributed by atoms with Crippen LogP contribution in [0.5, 0.6) is 0 Å². The average Bonchev–Trinajstić information content (AvgIpc) is 2.05. The first kappa shape index (κ1) is 11.3. The van der Waals surface area contributed by atoms with E-state index in [-0.39, 0.29) is 32.7 Å². The van der Waals surface area contributed by atoms with Gasteiger partial charge in [-0.05, 0) is 0 Å². The Morgan fingerprint density at radius 3 is 1.91 bits per heavy atom. The first-order chi connectivity index (χ1) is 4.86. The smallest absolute Gasteiger partial charge is 0.341 e. The van der Waals surface area contributed by atoms with Gasteiger partial charge in [-0.3, -0.25) is 0 Å². The summed E-state index contributed by atoms with van der Waals surface area (Å²) in [6.07, 6.45) is 1.63. The number of hydrogen-bond donors (Lipinski definition) is 0. The third kappa shape index (κ3) is 3.49. The van der Waals surface area contributed by atoms with Crippen LogP contribution in [0.3, 0.4) is 0 Å². The largest absolute Gasteiger partial charge is 3.00 e. The van der Waals surface area contributed by atoms with Crippen LogP contribution in [0.4, 0.5) is 0 Å². The molecule has 1 aromatic rings. The molecule has 0 atom stereocenters. The quantitative estimate of drug-likeness (QED) is 0.670. The maximum Gasteiger partial charge on any atom is 3.00 e. The Bertz CT molecular complexity index is 187. The average molecular weight is 220 g/mol. The van der Waals surface area contributed by atoms with E-state index in [1.807, 2.05) is 18.2 Å². The van der Waals surface area contributed by atoms with Crippen molar-refractivity contribution in [2.75, 3.05) is 0 Å². The minimum Gasteiger partial charge on any atom is -0.341 e. The summed E-state index contributed by atoms with van der Waals surface area (Å²) in [7, 11) is 0. The molecule has 0 radical (unpaired) electrons. The van der Waals surface area contributed by atoms with Crippen LogP contribution in [0.25, 0.3) is 0 Å². The Morgan fingerprint density at radius 2 is 1.55 bits per heavy atom. The van der Waals surface area contributed by atoms with Gasteiger partial charge in [0.1, 0.15) is 0 Å². The Morgan fingerprint density at radius 1 is 1.09 bits per heavy atom. The summed E-state index contributed by atoms with van der Waals surface area (Å²) in [5.74, 6) is 0. The van der Waals surface area contributed by atoms with Crippen molar-refractivity contribution in [2.24, 2.45) is 0 Å². The van der Waals surface area contributed by atoms with Crippen LogP contribution < -0.4 is 0 Å². The molecule has 1 heteroatoms. The van der Waals surface area contributed by atoms with Gasteiger partial charge in [0.05, 0.1) is 0 Å². The molecule has 0 aliphatic heterocycles. The van der Waals surface area contributed by atoms with E-state index in [0.29, 0.717) is 0 Å². The van der Waals surface area contributed by atoms with E-state index in [9.17, 15) is 0 Å². The minimum atomic E-state index is 0. The van der Waals surface area contributed by atoms with E-state index in [1.165, 1.54) is 11.1 Å². The summed E-state index contributed by atoms with van der Waals surface area (Å²) in [5.41, 5.74) is 2.34. The van der Waals surface area contributed by atoms with Crippen LogP contribution >= 0.6 is 0 Å². The van der Waals surface area contributed by atoms with Crippen molar-refractivity contribution in [3.63, 3.8) is 0 Å². The maximum atomic E-state index is 3.78. The molecule has 0 nitrogen and oxygen atoms in total. The Balaban J connectivity index is 0.000001000. The number of benzene rings is 1. The van der Waals surface area contributed by atoms with Crippen LogP contribution in [0.2, 0.25) is 0 Å². The second kappa shape index (κ2) is 5.91. The van der Waals surface area contributed by atoms with Crippen molar-refractivity contribution in [1.29, 1.82) is 0 Å². The van der Waals surface area contributed by atoms with E-state index >= 15 is 0 Å². The molecule has 0 N–H and O–H groups in total. The summed E-state index contributed by atoms with van der Waals surface area (Å²) < 4.78 is 0. The van der Waals surface area contributed by atoms with Gasteiger partial charge >= 0.3 is 32.7 Å². The zero-order valence-corrected chi connectivity index (χ0v) is 9.48. The van der Waals surface area contributed by atoms with Gasteiger partial charge in [-0.1, -0.05) is 0 Å². The molecule has 0 saturated carbocycles. The Labute approximate surface area is 94.3 Å². The molecular weight excluding hydrogens is 209 g/mol. The van der Waals surface area contributed by atoms with Gasteiger partial charge in [-0.2, -0.15) is 48.2 Å². The van der Waals surface area contributed by atoms with Crippen LogP contribution in [-0.4, -0.2) is 0 Å². The van der Waals surface area contributed by atoms with E-state index < -0.39 is 0 Å². The molecule has 1 rings (SSSR count). The van der Waals surface area contributed by atoms with Gasteiger partial charge in [-0.25, -0.2) is 0 Å². The zero-order valence-electron chi connectivity index (χ0n) is 6.64. The molecule has 0 bridgehead atoms. The predicted octanol–water partition coefficient (Wildman–Crippen LogP) is 2.24. The zero-order chi connectivity index (χ0) is 7.40. The molecule has 0 spiro atoms.